The first kappa shape index (κ1) is 19.6. The highest BCUT2D eigenvalue weighted by Crippen LogP contribution is 2.28. The summed E-state index contributed by atoms with van der Waals surface area (Å²) >= 11 is 0. The Morgan fingerprint density at radius 1 is 1.17 bits per heavy atom. The van der Waals surface area contributed by atoms with E-state index in [1.165, 1.54) is 12.1 Å². The monoisotopic (exact) mass is 410 g/mol. The molecule has 4 aromatic rings. The number of ketones is 1. The predicted molar refractivity (Wildman–Crippen MR) is 106 cm³/mol. The summed E-state index contributed by atoms with van der Waals surface area (Å²) in [6, 6.07) is 7.90. The molecule has 0 aliphatic rings. The third-order valence-electron chi connectivity index (χ3n) is 5.01. The zero-order chi connectivity index (χ0) is 21.6. The summed E-state index contributed by atoms with van der Waals surface area (Å²) in [5.74, 6) is -0.664. The van der Waals surface area contributed by atoms with Crippen molar-refractivity contribution in [3.63, 3.8) is 0 Å². The molecule has 0 amide bonds. The molecule has 0 fully saturated rings. The Morgan fingerprint density at radius 2 is 1.93 bits per heavy atom. The summed E-state index contributed by atoms with van der Waals surface area (Å²) in [5.41, 5.74) is 2.30. The second-order valence-electron chi connectivity index (χ2n) is 7.09. The molecule has 0 saturated heterocycles. The average Bonchev–Trinajstić information content (AvgIpc) is 3.36. The minimum atomic E-state index is -0.822. The molecule has 0 bridgehead atoms. The van der Waals surface area contributed by atoms with Gasteiger partial charge in [0, 0.05) is 34.0 Å². The first-order valence-corrected chi connectivity index (χ1v) is 9.28. The van der Waals surface area contributed by atoms with Gasteiger partial charge in [-0.3, -0.25) is 9.36 Å². The Balaban J connectivity index is 1.54. The van der Waals surface area contributed by atoms with Crippen LogP contribution in [0.15, 0.2) is 39.3 Å². The molecular weight excluding hydrogens is 391 g/mol. The van der Waals surface area contributed by atoms with Crippen LogP contribution in [0.3, 0.4) is 0 Å². The highest BCUT2D eigenvalue weighted by molar-refractivity contribution is 6.01. The maximum atomic E-state index is 13.9. The van der Waals surface area contributed by atoms with Crippen LogP contribution in [0.1, 0.15) is 43.6 Å². The fraction of sp³-hybridized carbons (Fsp3) is 0.227. The zero-order valence-corrected chi connectivity index (χ0v) is 16.9. The quantitative estimate of drug-likeness (QED) is 0.352. The topological polar surface area (TPSA) is 87.5 Å². The van der Waals surface area contributed by atoms with E-state index in [2.05, 4.69) is 5.16 Å². The van der Waals surface area contributed by atoms with E-state index in [9.17, 15) is 14.0 Å². The van der Waals surface area contributed by atoms with Crippen LogP contribution in [-0.2, 0) is 4.74 Å². The molecule has 1 aromatic carbocycles. The van der Waals surface area contributed by atoms with Gasteiger partial charge in [-0.05, 0) is 39.8 Å². The van der Waals surface area contributed by atoms with Crippen LogP contribution < -0.4 is 0 Å². The number of halogens is 1. The first-order chi connectivity index (χ1) is 14.3. The number of para-hydroxylation sites is 1. The highest BCUT2D eigenvalue weighted by Gasteiger charge is 2.23. The lowest BCUT2D eigenvalue weighted by molar-refractivity contribution is 0.0445. The number of nitrogens with zero attached hydrogens (tertiary/aromatic N) is 2. The molecule has 0 spiro atoms. The number of Topliss-reactive ketones (excluding diaryl/α,β-unsaturated/α-hetero) is 1. The lowest BCUT2D eigenvalue weighted by Gasteiger charge is -2.06. The van der Waals surface area contributed by atoms with Gasteiger partial charge in [0.05, 0.1) is 0 Å². The maximum Gasteiger partial charge on any atom is 0.375 e. The van der Waals surface area contributed by atoms with Gasteiger partial charge in [0.15, 0.2) is 23.8 Å². The van der Waals surface area contributed by atoms with Crippen molar-refractivity contribution in [1.29, 1.82) is 0 Å². The smallest absolute Gasteiger partial charge is 0.375 e. The van der Waals surface area contributed by atoms with Crippen molar-refractivity contribution in [2.24, 2.45) is 0 Å². The van der Waals surface area contributed by atoms with Gasteiger partial charge in [-0.15, -0.1) is 0 Å². The van der Waals surface area contributed by atoms with Gasteiger partial charge >= 0.3 is 5.97 Å². The van der Waals surface area contributed by atoms with Crippen LogP contribution in [-0.4, -0.2) is 28.1 Å². The lowest BCUT2D eigenvalue weighted by atomic mass is 10.1. The van der Waals surface area contributed by atoms with Gasteiger partial charge in [-0.2, -0.15) is 0 Å². The van der Waals surface area contributed by atoms with E-state index >= 15 is 0 Å². The molecule has 0 N–H and O–H groups in total. The fourth-order valence-corrected chi connectivity index (χ4v) is 3.53. The summed E-state index contributed by atoms with van der Waals surface area (Å²) in [6.07, 6.45) is 0. The Bertz CT molecular complexity index is 1290. The van der Waals surface area contributed by atoms with E-state index in [0.29, 0.717) is 33.8 Å². The van der Waals surface area contributed by atoms with Crippen molar-refractivity contribution in [1.82, 2.24) is 9.72 Å². The number of rotatable bonds is 5. The fourth-order valence-electron chi connectivity index (χ4n) is 3.53. The second-order valence-corrected chi connectivity index (χ2v) is 7.09. The average molecular weight is 410 g/mol. The van der Waals surface area contributed by atoms with E-state index in [-0.39, 0.29) is 17.1 Å². The van der Waals surface area contributed by atoms with Crippen molar-refractivity contribution >= 4 is 22.7 Å². The van der Waals surface area contributed by atoms with E-state index < -0.39 is 18.4 Å². The Hall–Kier alpha value is -3.68. The van der Waals surface area contributed by atoms with Crippen LogP contribution in [0.25, 0.3) is 16.8 Å². The van der Waals surface area contributed by atoms with Gasteiger partial charge in [-0.1, -0.05) is 17.3 Å². The number of carbonyl (C=O) groups is 2. The number of hydrogen-bond donors (Lipinski definition) is 0. The predicted octanol–water partition coefficient (Wildman–Crippen LogP) is 4.62. The molecule has 0 radical (unpaired) electrons. The first-order valence-electron chi connectivity index (χ1n) is 9.28. The largest absolute Gasteiger partial charge is 0.451 e. The molecule has 0 aliphatic carbocycles. The molecule has 3 heterocycles. The number of hydrogen-bond acceptors (Lipinski definition) is 6. The molecule has 7 nitrogen and oxygen atoms in total. The van der Waals surface area contributed by atoms with Gasteiger partial charge in [0.2, 0.25) is 11.5 Å². The second kappa shape index (κ2) is 7.29. The van der Waals surface area contributed by atoms with Crippen molar-refractivity contribution in [3.8, 4) is 5.82 Å². The van der Waals surface area contributed by atoms with Gasteiger partial charge in [-0.25, -0.2) is 9.18 Å². The molecule has 0 unspecified atom stereocenters. The van der Waals surface area contributed by atoms with Crippen molar-refractivity contribution < 1.29 is 27.7 Å². The standard InChI is InChI=1S/C22H19FN2O5/c1-11-8-16(14(4)25(11)19-9-12(2)30-24-19)18(26)10-28-22(27)20-13(3)15-6-5-7-17(23)21(15)29-20/h5-9H,10H2,1-4H3. The molecule has 3 aromatic heterocycles. The summed E-state index contributed by atoms with van der Waals surface area (Å²) in [4.78, 5) is 25.1. The van der Waals surface area contributed by atoms with Crippen LogP contribution >= 0.6 is 0 Å². The van der Waals surface area contributed by atoms with Crippen molar-refractivity contribution in [2.75, 3.05) is 6.61 Å². The Labute approximate surface area is 171 Å². The maximum absolute atomic E-state index is 13.9. The number of benzene rings is 1. The number of carbonyl (C=O) groups excluding carboxylic acids is 2. The zero-order valence-electron chi connectivity index (χ0n) is 16.9. The molecular formula is C22H19FN2O5. The summed E-state index contributed by atoms with van der Waals surface area (Å²) in [6.45, 7) is 6.56. The number of furan rings is 1. The van der Waals surface area contributed by atoms with E-state index in [1.54, 1.807) is 43.5 Å². The number of aromatic nitrogens is 2. The molecule has 154 valence electrons. The van der Waals surface area contributed by atoms with Crippen LogP contribution in [0.5, 0.6) is 0 Å². The van der Waals surface area contributed by atoms with Gasteiger partial charge < -0.3 is 13.7 Å². The molecule has 0 aliphatic heterocycles. The van der Waals surface area contributed by atoms with Crippen LogP contribution in [0, 0.1) is 33.5 Å². The minimum Gasteiger partial charge on any atom is -0.451 e. The van der Waals surface area contributed by atoms with Crippen molar-refractivity contribution in [3.05, 3.63) is 70.2 Å². The van der Waals surface area contributed by atoms with Gasteiger partial charge in [0.25, 0.3) is 0 Å². The minimum absolute atomic E-state index is 0.0141. The Morgan fingerprint density at radius 3 is 2.60 bits per heavy atom. The molecule has 0 atom stereocenters. The summed E-state index contributed by atoms with van der Waals surface area (Å²) in [7, 11) is 0. The van der Waals surface area contributed by atoms with Crippen molar-refractivity contribution in [2.45, 2.75) is 27.7 Å². The van der Waals surface area contributed by atoms with E-state index in [1.807, 2.05) is 6.92 Å². The van der Waals surface area contributed by atoms with Crippen LogP contribution in [0.2, 0.25) is 0 Å². The molecule has 30 heavy (non-hydrogen) atoms. The normalized spacial score (nSPS) is 11.2. The third kappa shape index (κ3) is 3.20. The summed E-state index contributed by atoms with van der Waals surface area (Å²) in [5, 5.41) is 4.47. The number of ether oxygens (including phenoxy) is 1. The molecule has 4 rings (SSSR count). The lowest BCUT2D eigenvalue weighted by Crippen LogP contribution is -2.15. The Kier molecular flexibility index (Phi) is 4.77. The molecule has 0 saturated carbocycles. The summed E-state index contributed by atoms with van der Waals surface area (Å²) < 4.78 is 31.3. The molecule has 8 heteroatoms. The third-order valence-corrected chi connectivity index (χ3v) is 5.01. The highest BCUT2D eigenvalue weighted by atomic mass is 19.1. The van der Waals surface area contributed by atoms with E-state index in [0.717, 1.165) is 5.69 Å². The van der Waals surface area contributed by atoms with E-state index in [4.69, 9.17) is 13.7 Å². The van der Waals surface area contributed by atoms with Crippen LogP contribution in [0.4, 0.5) is 4.39 Å². The number of fused-ring (bicyclic) bond motifs is 1. The SMILES string of the molecule is Cc1cc(-n2c(C)cc(C(=O)COC(=O)c3oc4c(F)cccc4c3C)c2C)no1. The van der Waals surface area contributed by atoms with Gasteiger partial charge in [0.1, 0.15) is 5.76 Å². The number of esters is 1. The number of aryl methyl sites for hydroxylation is 3.